The molecular weight excluding hydrogens is 290 g/mol. The summed E-state index contributed by atoms with van der Waals surface area (Å²) in [6, 6.07) is 10.1. The van der Waals surface area contributed by atoms with E-state index in [9.17, 15) is 4.79 Å². The number of aryl methyl sites for hydroxylation is 1. The van der Waals surface area contributed by atoms with Crippen molar-refractivity contribution >= 4 is 11.7 Å². The molecule has 1 saturated carbocycles. The Bertz CT molecular complexity index is 746. The highest BCUT2D eigenvalue weighted by molar-refractivity contribution is 5.89. The fraction of sp³-hybridized carbons (Fsp3) is 0.294. The van der Waals surface area contributed by atoms with Crippen LogP contribution in [-0.2, 0) is 0 Å². The van der Waals surface area contributed by atoms with Crippen LogP contribution in [0.4, 0.5) is 10.5 Å². The monoisotopic (exact) mass is 307 g/mol. The molecule has 0 saturated heterocycles. The molecule has 2 amide bonds. The van der Waals surface area contributed by atoms with Gasteiger partial charge in [0, 0.05) is 17.6 Å². The van der Waals surface area contributed by atoms with Crippen LogP contribution in [0.25, 0.3) is 0 Å². The summed E-state index contributed by atoms with van der Waals surface area (Å²) in [4.78, 5) is 20.9. The Labute approximate surface area is 134 Å². The summed E-state index contributed by atoms with van der Waals surface area (Å²) in [5.74, 6) is 1.05. The maximum atomic E-state index is 12.2. The molecule has 2 aromatic rings. The maximum Gasteiger partial charge on any atom is 0.319 e. The van der Waals surface area contributed by atoms with Crippen molar-refractivity contribution in [3.8, 4) is 6.07 Å². The third kappa shape index (κ3) is 3.83. The third-order valence-corrected chi connectivity index (χ3v) is 3.74. The van der Waals surface area contributed by atoms with Crippen molar-refractivity contribution in [3.05, 3.63) is 53.6 Å². The number of nitriles is 1. The fourth-order valence-electron chi connectivity index (χ4n) is 2.38. The van der Waals surface area contributed by atoms with Crippen LogP contribution in [0.3, 0.4) is 0 Å². The van der Waals surface area contributed by atoms with Crippen LogP contribution in [0, 0.1) is 24.2 Å². The number of hydrogen-bond acceptors (Lipinski definition) is 4. The highest BCUT2D eigenvalue weighted by atomic mass is 16.2. The lowest BCUT2D eigenvalue weighted by Crippen LogP contribution is -2.34. The molecule has 6 heteroatoms. The first-order valence-electron chi connectivity index (χ1n) is 7.53. The Morgan fingerprint density at radius 1 is 1.30 bits per heavy atom. The molecule has 6 nitrogen and oxygen atoms in total. The van der Waals surface area contributed by atoms with Crippen molar-refractivity contribution in [1.29, 1.82) is 5.26 Å². The quantitative estimate of drug-likeness (QED) is 0.908. The van der Waals surface area contributed by atoms with Crippen LogP contribution in [0.5, 0.6) is 0 Å². The number of carbonyl (C=O) groups is 1. The molecule has 1 aromatic heterocycles. The van der Waals surface area contributed by atoms with Crippen molar-refractivity contribution in [3.63, 3.8) is 0 Å². The van der Waals surface area contributed by atoms with Gasteiger partial charge in [-0.1, -0.05) is 0 Å². The first kappa shape index (κ1) is 15.0. The predicted molar refractivity (Wildman–Crippen MR) is 85.5 cm³/mol. The summed E-state index contributed by atoms with van der Waals surface area (Å²) in [5.41, 5.74) is 2.08. The lowest BCUT2D eigenvalue weighted by molar-refractivity contribution is 0.246. The molecule has 116 valence electrons. The van der Waals surface area contributed by atoms with E-state index >= 15 is 0 Å². The molecule has 1 aromatic carbocycles. The second kappa shape index (κ2) is 6.44. The first-order chi connectivity index (χ1) is 11.2. The van der Waals surface area contributed by atoms with E-state index < -0.39 is 0 Å². The average Bonchev–Trinajstić information content (AvgIpc) is 3.38. The number of aromatic nitrogens is 2. The first-order valence-corrected chi connectivity index (χ1v) is 7.53. The Hall–Kier alpha value is -2.94. The molecule has 0 aliphatic heterocycles. The topological polar surface area (TPSA) is 90.7 Å². The molecule has 0 spiro atoms. The SMILES string of the molecule is Cc1ccnc([C@H](NC(=O)Nc2ccc(C#N)cc2)C2CC2)n1. The molecular formula is C17H17N5O. The van der Waals surface area contributed by atoms with Crippen LogP contribution < -0.4 is 10.6 Å². The Morgan fingerprint density at radius 2 is 2.04 bits per heavy atom. The number of nitrogens with zero attached hydrogens (tertiary/aromatic N) is 3. The summed E-state index contributed by atoms with van der Waals surface area (Å²) in [7, 11) is 0. The van der Waals surface area contributed by atoms with Gasteiger partial charge in [0.1, 0.15) is 0 Å². The van der Waals surface area contributed by atoms with Gasteiger partial charge < -0.3 is 10.6 Å². The molecule has 0 radical (unpaired) electrons. The van der Waals surface area contributed by atoms with Crippen molar-refractivity contribution < 1.29 is 4.79 Å². The summed E-state index contributed by atoms with van der Waals surface area (Å²) < 4.78 is 0. The van der Waals surface area contributed by atoms with Gasteiger partial charge in [-0.25, -0.2) is 14.8 Å². The number of anilines is 1. The lowest BCUT2D eigenvalue weighted by Gasteiger charge is -2.17. The molecule has 1 atom stereocenters. The largest absolute Gasteiger partial charge is 0.328 e. The second-order valence-electron chi connectivity index (χ2n) is 5.66. The van der Waals surface area contributed by atoms with Crippen LogP contribution >= 0.6 is 0 Å². The van der Waals surface area contributed by atoms with Crippen molar-refractivity contribution in [2.24, 2.45) is 5.92 Å². The van der Waals surface area contributed by atoms with Gasteiger partial charge in [-0.15, -0.1) is 0 Å². The fourth-order valence-corrected chi connectivity index (χ4v) is 2.38. The Balaban J connectivity index is 1.68. The van der Waals surface area contributed by atoms with Crippen molar-refractivity contribution in [2.45, 2.75) is 25.8 Å². The predicted octanol–water partition coefficient (Wildman–Crippen LogP) is 2.93. The summed E-state index contributed by atoms with van der Waals surface area (Å²) in [6.45, 7) is 1.91. The molecule has 0 unspecified atom stereocenters. The highest BCUT2D eigenvalue weighted by Crippen LogP contribution is 2.39. The van der Waals surface area contributed by atoms with E-state index in [1.54, 1.807) is 30.5 Å². The van der Waals surface area contributed by atoms with E-state index in [0.717, 1.165) is 18.5 Å². The van der Waals surface area contributed by atoms with Crippen molar-refractivity contribution in [2.75, 3.05) is 5.32 Å². The summed E-state index contributed by atoms with van der Waals surface area (Å²) >= 11 is 0. The molecule has 0 bridgehead atoms. The van der Waals surface area contributed by atoms with E-state index in [1.807, 2.05) is 19.1 Å². The molecule has 2 N–H and O–H groups in total. The minimum atomic E-state index is -0.295. The van der Waals surface area contributed by atoms with Gasteiger partial charge >= 0.3 is 6.03 Å². The van der Waals surface area contributed by atoms with Crippen LogP contribution in [0.15, 0.2) is 36.5 Å². The van der Waals surface area contributed by atoms with Gasteiger partial charge in [0.05, 0.1) is 17.7 Å². The van der Waals surface area contributed by atoms with Crippen molar-refractivity contribution in [1.82, 2.24) is 15.3 Å². The maximum absolute atomic E-state index is 12.2. The smallest absolute Gasteiger partial charge is 0.319 e. The second-order valence-corrected chi connectivity index (χ2v) is 5.66. The minimum Gasteiger partial charge on any atom is -0.328 e. The number of rotatable bonds is 4. The Kier molecular flexibility index (Phi) is 4.20. The number of nitrogens with one attached hydrogen (secondary N) is 2. The normalized spacial score (nSPS) is 14.6. The zero-order valence-corrected chi connectivity index (χ0v) is 12.8. The van der Waals surface area contributed by atoms with Gasteiger partial charge in [-0.05, 0) is 56.0 Å². The highest BCUT2D eigenvalue weighted by Gasteiger charge is 2.35. The molecule has 1 aliphatic rings. The summed E-state index contributed by atoms with van der Waals surface area (Å²) in [6.07, 6.45) is 3.85. The zero-order chi connectivity index (χ0) is 16.2. The number of carbonyl (C=O) groups excluding carboxylic acids is 1. The van der Waals surface area contributed by atoms with E-state index in [4.69, 9.17) is 5.26 Å². The number of amides is 2. The van der Waals surface area contributed by atoms with Gasteiger partial charge in [-0.3, -0.25) is 0 Å². The summed E-state index contributed by atoms with van der Waals surface area (Å²) in [5, 5.41) is 14.5. The minimum absolute atomic E-state index is 0.173. The third-order valence-electron chi connectivity index (χ3n) is 3.74. The van der Waals surface area contributed by atoms with E-state index in [1.165, 1.54) is 0 Å². The number of hydrogen-bond donors (Lipinski definition) is 2. The Morgan fingerprint density at radius 3 is 2.65 bits per heavy atom. The molecule has 1 aliphatic carbocycles. The molecule has 1 heterocycles. The van der Waals surface area contributed by atoms with Gasteiger partial charge in [-0.2, -0.15) is 5.26 Å². The lowest BCUT2D eigenvalue weighted by atomic mass is 10.1. The van der Waals surface area contributed by atoms with Crippen LogP contribution in [-0.4, -0.2) is 16.0 Å². The van der Waals surface area contributed by atoms with Crippen LogP contribution in [0.2, 0.25) is 0 Å². The molecule has 23 heavy (non-hydrogen) atoms. The van der Waals surface area contributed by atoms with Gasteiger partial charge in [0.15, 0.2) is 5.82 Å². The standard InChI is InChI=1S/C17H17N5O/c1-11-8-9-19-16(20-11)15(13-4-5-13)22-17(23)21-14-6-2-12(10-18)3-7-14/h2-3,6-9,13,15H,4-5H2,1H3,(H2,21,22,23)/t15-/m1/s1. The average molecular weight is 307 g/mol. The van der Waals surface area contributed by atoms with Crippen LogP contribution in [0.1, 0.15) is 36.0 Å². The number of benzene rings is 1. The van der Waals surface area contributed by atoms with E-state index in [2.05, 4.69) is 20.6 Å². The van der Waals surface area contributed by atoms with Gasteiger partial charge in [0.2, 0.25) is 0 Å². The molecule has 3 rings (SSSR count). The van der Waals surface area contributed by atoms with Gasteiger partial charge in [0.25, 0.3) is 0 Å². The molecule has 1 fully saturated rings. The zero-order valence-electron chi connectivity index (χ0n) is 12.8. The number of urea groups is 1. The van der Waals surface area contributed by atoms with E-state index in [-0.39, 0.29) is 12.1 Å². The van der Waals surface area contributed by atoms with E-state index in [0.29, 0.717) is 23.0 Å².